The van der Waals surface area contributed by atoms with Gasteiger partial charge in [0.15, 0.2) is 0 Å². The smallest absolute Gasteiger partial charge is 0.218 e. The Labute approximate surface area is 106 Å². The van der Waals surface area contributed by atoms with Crippen molar-refractivity contribution in [2.75, 3.05) is 20.1 Å². The zero-order valence-corrected chi connectivity index (χ0v) is 11.4. The van der Waals surface area contributed by atoms with Crippen LogP contribution in [0.5, 0.6) is 0 Å². The third-order valence-electron chi connectivity index (χ3n) is 2.98. The minimum Gasteiger partial charge on any atom is -0.315 e. The van der Waals surface area contributed by atoms with Crippen LogP contribution in [-0.4, -0.2) is 43.1 Å². The highest BCUT2D eigenvalue weighted by Crippen LogP contribution is 2.17. The zero-order valence-electron chi connectivity index (χ0n) is 9.80. The van der Waals surface area contributed by atoms with E-state index in [4.69, 9.17) is 0 Å². The summed E-state index contributed by atoms with van der Waals surface area (Å²) in [6.07, 6.45) is 1.67. The Morgan fingerprint density at radius 2 is 2.47 bits per heavy atom. The molecule has 1 aliphatic heterocycles. The molecule has 1 aromatic heterocycles. The summed E-state index contributed by atoms with van der Waals surface area (Å²) in [6, 6.07) is 0. The van der Waals surface area contributed by atoms with Gasteiger partial charge in [0, 0.05) is 19.0 Å². The van der Waals surface area contributed by atoms with Crippen molar-refractivity contribution < 1.29 is 8.42 Å². The molecule has 0 aromatic carbocycles. The van der Waals surface area contributed by atoms with Gasteiger partial charge in [-0.3, -0.25) is 0 Å². The maximum atomic E-state index is 12.3. The molecule has 7 heteroatoms. The summed E-state index contributed by atoms with van der Waals surface area (Å²) in [4.78, 5) is 4.11. The van der Waals surface area contributed by atoms with Gasteiger partial charge >= 0.3 is 0 Å². The minimum absolute atomic E-state index is 0.292. The normalized spacial score (nSPS) is 21.9. The van der Waals surface area contributed by atoms with E-state index in [1.54, 1.807) is 12.6 Å². The molecule has 2 rings (SSSR count). The Morgan fingerprint density at radius 3 is 3.06 bits per heavy atom. The molecule has 1 atom stereocenters. The summed E-state index contributed by atoms with van der Waals surface area (Å²) in [5.74, 6) is 0. The molecule has 0 amide bonds. The third kappa shape index (κ3) is 3.04. The van der Waals surface area contributed by atoms with Gasteiger partial charge in [0.1, 0.15) is 0 Å². The average molecular weight is 275 g/mol. The Kier molecular flexibility index (Phi) is 4.13. The van der Waals surface area contributed by atoms with E-state index >= 15 is 0 Å². The summed E-state index contributed by atoms with van der Waals surface area (Å²) in [7, 11) is -1.57. The number of hydrogen-bond acceptors (Lipinski definition) is 5. The molecule has 5 nitrogen and oxygen atoms in total. The second-order valence-corrected chi connectivity index (χ2v) is 7.29. The maximum Gasteiger partial charge on any atom is 0.218 e. The summed E-state index contributed by atoms with van der Waals surface area (Å²) in [5.41, 5.74) is 2.53. The number of piperidine rings is 1. The predicted octanol–water partition coefficient (Wildman–Crippen LogP) is 0.657. The molecule has 0 spiro atoms. The van der Waals surface area contributed by atoms with E-state index in [0.29, 0.717) is 13.1 Å². The van der Waals surface area contributed by atoms with Gasteiger partial charge in [-0.15, -0.1) is 11.3 Å². The van der Waals surface area contributed by atoms with Crippen LogP contribution in [-0.2, 0) is 16.6 Å². The molecule has 0 aliphatic carbocycles. The summed E-state index contributed by atoms with van der Waals surface area (Å²) in [5, 5.41) is 4.72. The molecule has 0 bridgehead atoms. The van der Waals surface area contributed by atoms with E-state index in [1.807, 2.05) is 5.38 Å². The average Bonchev–Trinajstić information content (AvgIpc) is 2.83. The van der Waals surface area contributed by atoms with Crippen LogP contribution >= 0.6 is 11.3 Å². The lowest BCUT2D eigenvalue weighted by Crippen LogP contribution is -2.44. The van der Waals surface area contributed by atoms with Crippen molar-refractivity contribution in [3.63, 3.8) is 0 Å². The van der Waals surface area contributed by atoms with Crippen molar-refractivity contribution in [3.8, 4) is 0 Å². The lowest BCUT2D eigenvalue weighted by atomic mass is 10.2. The summed E-state index contributed by atoms with van der Waals surface area (Å²) in [6.45, 7) is 1.84. The molecule has 1 saturated heterocycles. The van der Waals surface area contributed by atoms with Gasteiger partial charge in [-0.2, -0.15) is 4.31 Å². The molecule has 0 saturated carbocycles. The Hall–Kier alpha value is -0.500. The zero-order chi connectivity index (χ0) is 12.3. The van der Waals surface area contributed by atoms with Gasteiger partial charge in [0.25, 0.3) is 0 Å². The molecular formula is C10H17N3O2S2. The fraction of sp³-hybridized carbons (Fsp3) is 0.700. The van der Waals surface area contributed by atoms with Crippen LogP contribution in [0.15, 0.2) is 10.9 Å². The Morgan fingerprint density at radius 1 is 1.65 bits per heavy atom. The molecule has 96 valence electrons. The molecule has 1 unspecified atom stereocenters. The van der Waals surface area contributed by atoms with Crippen LogP contribution in [0.2, 0.25) is 0 Å². The van der Waals surface area contributed by atoms with Gasteiger partial charge in [0.2, 0.25) is 10.0 Å². The van der Waals surface area contributed by atoms with Crippen molar-refractivity contribution in [1.82, 2.24) is 14.6 Å². The molecule has 17 heavy (non-hydrogen) atoms. The van der Waals surface area contributed by atoms with E-state index in [9.17, 15) is 8.42 Å². The summed E-state index contributed by atoms with van der Waals surface area (Å²) >= 11 is 1.48. The first kappa shape index (κ1) is 12.9. The second-order valence-electron chi connectivity index (χ2n) is 4.25. The fourth-order valence-corrected chi connectivity index (χ4v) is 4.13. The largest absolute Gasteiger partial charge is 0.315 e. The SMILES string of the molecule is CN(Cc1cscn1)S(=O)(=O)C1CCCNC1. The van der Waals surface area contributed by atoms with Crippen LogP contribution in [0.3, 0.4) is 0 Å². The molecule has 1 fully saturated rings. The van der Waals surface area contributed by atoms with Gasteiger partial charge < -0.3 is 5.32 Å². The highest BCUT2D eigenvalue weighted by Gasteiger charge is 2.30. The lowest BCUT2D eigenvalue weighted by Gasteiger charge is -2.27. The Balaban J connectivity index is 2.03. The number of hydrogen-bond donors (Lipinski definition) is 1. The maximum absolute atomic E-state index is 12.3. The number of nitrogens with one attached hydrogen (secondary N) is 1. The predicted molar refractivity (Wildman–Crippen MR) is 68.4 cm³/mol. The quantitative estimate of drug-likeness (QED) is 0.877. The number of aromatic nitrogens is 1. The first-order valence-corrected chi connectivity index (χ1v) is 8.08. The monoisotopic (exact) mass is 275 g/mol. The fourth-order valence-electron chi connectivity index (χ4n) is 1.96. The Bertz CT molecular complexity index is 438. The highest BCUT2D eigenvalue weighted by molar-refractivity contribution is 7.89. The van der Waals surface area contributed by atoms with Crippen LogP contribution in [0.25, 0.3) is 0 Å². The van der Waals surface area contributed by atoms with Crippen molar-refractivity contribution in [2.45, 2.75) is 24.6 Å². The van der Waals surface area contributed by atoms with E-state index in [2.05, 4.69) is 10.3 Å². The summed E-state index contributed by atoms with van der Waals surface area (Å²) < 4.78 is 26.0. The first-order chi connectivity index (χ1) is 8.10. The molecular weight excluding hydrogens is 258 g/mol. The number of sulfonamides is 1. The van der Waals surface area contributed by atoms with E-state index in [0.717, 1.165) is 25.1 Å². The second kappa shape index (κ2) is 5.43. The van der Waals surface area contributed by atoms with Gasteiger partial charge in [0.05, 0.1) is 23.0 Å². The third-order valence-corrected chi connectivity index (χ3v) is 5.85. The van der Waals surface area contributed by atoms with Crippen molar-refractivity contribution in [1.29, 1.82) is 0 Å². The molecule has 1 N–H and O–H groups in total. The van der Waals surface area contributed by atoms with Crippen LogP contribution in [0, 0.1) is 0 Å². The van der Waals surface area contributed by atoms with Crippen molar-refractivity contribution in [2.24, 2.45) is 0 Å². The number of thiazole rings is 1. The van der Waals surface area contributed by atoms with Crippen molar-refractivity contribution >= 4 is 21.4 Å². The van der Waals surface area contributed by atoms with E-state index in [-0.39, 0.29) is 5.25 Å². The number of nitrogens with zero attached hydrogens (tertiary/aromatic N) is 2. The first-order valence-electron chi connectivity index (χ1n) is 5.63. The molecule has 2 heterocycles. The van der Waals surface area contributed by atoms with Crippen LogP contribution < -0.4 is 5.32 Å². The van der Waals surface area contributed by atoms with Crippen LogP contribution in [0.4, 0.5) is 0 Å². The molecule has 1 aliphatic rings. The van der Waals surface area contributed by atoms with Crippen molar-refractivity contribution in [3.05, 3.63) is 16.6 Å². The van der Waals surface area contributed by atoms with E-state index in [1.165, 1.54) is 15.6 Å². The minimum atomic E-state index is -3.20. The molecule has 0 radical (unpaired) electrons. The highest BCUT2D eigenvalue weighted by atomic mass is 32.2. The van der Waals surface area contributed by atoms with E-state index < -0.39 is 10.0 Å². The van der Waals surface area contributed by atoms with Gasteiger partial charge in [-0.05, 0) is 19.4 Å². The van der Waals surface area contributed by atoms with Gasteiger partial charge in [-0.1, -0.05) is 0 Å². The molecule has 1 aromatic rings. The van der Waals surface area contributed by atoms with Gasteiger partial charge in [-0.25, -0.2) is 13.4 Å². The topological polar surface area (TPSA) is 62.3 Å². The number of rotatable bonds is 4. The standard InChI is InChI=1S/C10H17N3O2S2/c1-13(6-9-7-16-8-12-9)17(14,15)10-3-2-4-11-5-10/h7-8,10-11H,2-6H2,1H3. The van der Waals surface area contributed by atoms with Crippen LogP contribution in [0.1, 0.15) is 18.5 Å². The lowest BCUT2D eigenvalue weighted by molar-refractivity contribution is 0.427.